The zero-order valence-corrected chi connectivity index (χ0v) is 20.9. The minimum atomic E-state index is -0.0532. The number of rotatable bonds is 9. The molecule has 0 radical (unpaired) electrons. The lowest BCUT2D eigenvalue weighted by Crippen LogP contribution is -2.27. The highest BCUT2D eigenvalue weighted by Crippen LogP contribution is 2.40. The molecule has 32 heavy (non-hydrogen) atoms. The van der Waals surface area contributed by atoms with E-state index >= 15 is 0 Å². The number of aromatic nitrogens is 3. The topological polar surface area (TPSA) is 54.2 Å². The molecule has 0 amide bonds. The summed E-state index contributed by atoms with van der Waals surface area (Å²) in [5.74, 6) is 0.276. The monoisotopic (exact) mass is 436 g/mol. The van der Waals surface area contributed by atoms with E-state index in [-0.39, 0.29) is 16.6 Å². The Morgan fingerprint density at radius 2 is 1.47 bits per heavy atom. The van der Waals surface area contributed by atoms with Crippen molar-refractivity contribution in [3.8, 4) is 11.4 Å². The van der Waals surface area contributed by atoms with Crippen molar-refractivity contribution in [3.63, 3.8) is 0 Å². The van der Waals surface area contributed by atoms with E-state index in [1.54, 1.807) is 4.80 Å². The summed E-state index contributed by atoms with van der Waals surface area (Å²) in [5.41, 5.74) is 4.60. The molecule has 0 bridgehead atoms. The van der Waals surface area contributed by atoms with Crippen LogP contribution < -0.4 is 0 Å². The molecule has 5 heteroatoms. The molecule has 3 rings (SSSR count). The third-order valence-corrected chi connectivity index (χ3v) is 5.90. The second kappa shape index (κ2) is 9.62. The molecular formula is C27H40N4O. The molecule has 0 aliphatic heterocycles. The van der Waals surface area contributed by atoms with Crippen LogP contribution in [0.25, 0.3) is 16.7 Å². The predicted octanol–water partition coefficient (Wildman–Crippen LogP) is 6.46. The molecule has 5 nitrogen and oxygen atoms in total. The Morgan fingerprint density at radius 3 is 1.97 bits per heavy atom. The number of aromatic hydroxyl groups is 1. The number of hydrogen-bond donors (Lipinski definition) is 1. The maximum Gasteiger partial charge on any atom is 0.147 e. The van der Waals surface area contributed by atoms with E-state index in [2.05, 4.69) is 75.7 Å². The van der Waals surface area contributed by atoms with Gasteiger partial charge in [0, 0.05) is 12.1 Å². The molecule has 0 saturated carbocycles. The Morgan fingerprint density at radius 1 is 0.906 bits per heavy atom. The number of fused-ring (bicyclic) bond motifs is 1. The highest BCUT2D eigenvalue weighted by molar-refractivity contribution is 5.73. The number of phenols is 1. The summed E-state index contributed by atoms with van der Waals surface area (Å²) in [6.45, 7) is 18.6. The molecule has 0 saturated heterocycles. The van der Waals surface area contributed by atoms with Crippen molar-refractivity contribution in [2.75, 3.05) is 13.1 Å². The minimum absolute atomic E-state index is 0.0532. The minimum Gasteiger partial charge on any atom is -0.505 e. The van der Waals surface area contributed by atoms with E-state index in [1.165, 1.54) is 5.56 Å². The number of phenolic OH excluding ortho intramolecular Hbond substituents is 1. The lowest BCUT2D eigenvalue weighted by Gasteiger charge is -2.34. The summed E-state index contributed by atoms with van der Waals surface area (Å²) >= 11 is 0. The fourth-order valence-corrected chi connectivity index (χ4v) is 4.88. The molecule has 0 spiro atoms. The maximum atomic E-state index is 11.3. The van der Waals surface area contributed by atoms with Crippen LogP contribution in [0.5, 0.6) is 5.75 Å². The van der Waals surface area contributed by atoms with E-state index < -0.39 is 0 Å². The van der Waals surface area contributed by atoms with Crippen LogP contribution in [0.3, 0.4) is 0 Å². The van der Waals surface area contributed by atoms with E-state index in [0.717, 1.165) is 55.5 Å². The van der Waals surface area contributed by atoms with Gasteiger partial charge in [-0.3, -0.25) is 4.90 Å². The van der Waals surface area contributed by atoms with Crippen LogP contribution in [0.1, 0.15) is 78.9 Å². The van der Waals surface area contributed by atoms with Gasteiger partial charge in [-0.2, -0.15) is 0 Å². The van der Waals surface area contributed by atoms with Gasteiger partial charge in [0.15, 0.2) is 0 Å². The Kier molecular flexibility index (Phi) is 7.29. The van der Waals surface area contributed by atoms with E-state index in [1.807, 2.05) is 24.3 Å². The van der Waals surface area contributed by atoms with Gasteiger partial charge in [0.2, 0.25) is 0 Å². The first kappa shape index (κ1) is 24.2. The molecule has 2 aromatic carbocycles. The van der Waals surface area contributed by atoms with Crippen LogP contribution in [0, 0.1) is 5.41 Å². The predicted molar refractivity (Wildman–Crippen MR) is 133 cm³/mol. The molecule has 3 aromatic rings. The molecular weight excluding hydrogens is 396 g/mol. The summed E-state index contributed by atoms with van der Waals surface area (Å²) in [7, 11) is 0. The second-order valence-electron chi connectivity index (χ2n) is 10.9. The number of nitrogens with zero attached hydrogens (tertiary/aromatic N) is 4. The van der Waals surface area contributed by atoms with Crippen molar-refractivity contribution in [3.05, 3.63) is 47.5 Å². The molecule has 0 aliphatic carbocycles. The van der Waals surface area contributed by atoms with Gasteiger partial charge in [0.05, 0.1) is 0 Å². The van der Waals surface area contributed by atoms with Crippen LogP contribution in [-0.4, -0.2) is 38.1 Å². The Hall–Kier alpha value is -2.40. The van der Waals surface area contributed by atoms with Crippen molar-refractivity contribution in [1.29, 1.82) is 0 Å². The lowest BCUT2D eigenvalue weighted by molar-refractivity contribution is 0.261. The van der Waals surface area contributed by atoms with Gasteiger partial charge >= 0.3 is 0 Å². The van der Waals surface area contributed by atoms with Gasteiger partial charge in [0.1, 0.15) is 22.5 Å². The van der Waals surface area contributed by atoms with Crippen LogP contribution in [0.4, 0.5) is 0 Å². The first-order chi connectivity index (χ1) is 15.0. The number of benzene rings is 2. The Labute approximate surface area is 193 Å². The Balaban J connectivity index is 2.14. The molecule has 0 unspecified atom stereocenters. The lowest BCUT2D eigenvalue weighted by atomic mass is 9.72. The van der Waals surface area contributed by atoms with Crippen LogP contribution in [0.15, 0.2) is 36.4 Å². The van der Waals surface area contributed by atoms with Crippen molar-refractivity contribution in [1.82, 2.24) is 19.9 Å². The van der Waals surface area contributed by atoms with Gasteiger partial charge in [0.25, 0.3) is 0 Å². The molecule has 1 heterocycles. The van der Waals surface area contributed by atoms with Crippen molar-refractivity contribution >= 4 is 11.0 Å². The van der Waals surface area contributed by atoms with Crippen molar-refractivity contribution < 1.29 is 5.11 Å². The van der Waals surface area contributed by atoms with E-state index in [0.29, 0.717) is 5.69 Å². The smallest absolute Gasteiger partial charge is 0.147 e. The molecule has 0 aliphatic rings. The zero-order chi connectivity index (χ0) is 23.5. The van der Waals surface area contributed by atoms with Gasteiger partial charge in [-0.15, -0.1) is 15.0 Å². The third-order valence-electron chi connectivity index (χ3n) is 5.90. The van der Waals surface area contributed by atoms with Gasteiger partial charge in [-0.05, 0) is 66.9 Å². The van der Waals surface area contributed by atoms with Crippen LogP contribution >= 0.6 is 0 Å². The molecule has 0 atom stereocenters. The first-order valence-electron chi connectivity index (χ1n) is 12.0. The highest BCUT2D eigenvalue weighted by Gasteiger charge is 2.29. The maximum absolute atomic E-state index is 11.3. The van der Waals surface area contributed by atoms with Gasteiger partial charge < -0.3 is 5.11 Å². The average molecular weight is 437 g/mol. The molecule has 0 fully saturated rings. The summed E-state index contributed by atoms with van der Waals surface area (Å²) in [4.78, 5) is 4.02. The molecule has 174 valence electrons. The third kappa shape index (κ3) is 5.69. The molecule has 1 aromatic heterocycles. The quantitative estimate of drug-likeness (QED) is 0.418. The van der Waals surface area contributed by atoms with Crippen LogP contribution in [0.2, 0.25) is 0 Å². The summed E-state index contributed by atoms with van der Waals surface area (Å²) in [6, 6.07) is 12.1. The normalized spacial score (nSPS) is 12.8. The average Bonchev–Trinajstić information content (AvgIpc) is 3.12. The summed E-state index contributed by atoms with van der Waals surface area (Å²) in [6.07, 6.45) is 3.22. The van der Waals surface area contributed by atoms with Crippen molar-refractivity contribution in [2.24, 2.45) is 5.41 Å². The van der Waals surface area contributed by atoms with Gasteiger partial charge in [-0.1, -0.05) is 66.7 Å². The van der Waals surface area contributed by atoms with E-state index in [9.17, 15) is 5.11 Å². The standard InChI is InChI=1S/C27H40N4O/c1-8-14-30(15-9-2)18-20-16-21(27(6,7)19-26(3,4)5)17-24(25(20)32)31-28-22-12-10-11-13-23(22)29-31/h10-13,16-17,32H,8-9,14-15,18-19H2,1-7H3. The SMILES string of the molecule is CCCN(CCC)Cc1cc(C(C)(C)CC(C)(C)C)cc(-n2nc3ccccc3n2)c1O. The van der Waals surface area contributed by atoms with Gasteiger partial charge in [-0.25, -0.2) is 0 Å². The summed E-state index contributed by atoms with van der Waals surface area (Å²) < 4.78 is 0. The summed E-state index contributed by atoms with van der Waals surface area (Å²) in [5, 5.41) is 20.7. The first-order valence-corrected chi connectivity index (χ1v) is 12.0. The second-order valence-corrected chi connectivity index (χ2v) is 10.9. The zero-order valence-electron chi connectivity index (χ0n) is 20.9. The highest BCUT2D eigenvalue weighted by atomic mass is 16.3. The molecule has 1 N–H and O–H groups in total. The Bertz CT molecular complexity index is 1010. The van der Waals surface area contributed by atoms with Crippen molar-refractivity contribution in [2.45, 2.75) is 79.7 Å². The van der Waals surface area contributed by atoms with Crippen LogP contribution in [-0.2, 0) is 12.0 Å². The number of hydrogen-bond acceptors (Lipinski definition) is 4. The largest absolute Gasteiger partial charge is 0.505 e. The fraction of sp³-hybridized carbons (Fsp3) is 0.556. The van der Waals surface area contributed by atoms with E-state index in [4.69, 9.17) is 0 Å². The fourth-order valence-electron chi connectivity index (χ4n) is 4.88.